The number of rotatable bonds is 9. The van der Waals surface area contributed by atoms with E-state index in [1.807, 2.05) is 25.1 Å². The SMILES string of the molecule is CC[C@@H](c1nnnn1Cc1ccc(F)cc1)N(Cc1ccc(C)cc1)Cc1cc2cc(C)ccc2[nH]c1=O. The number of halogens is 1. The minimum atomic E-state index is -0.280. The third kappa shape index (κ3) is 5.70. The monoisotopic (exact) mass is 510 g/mol. The highest BCUT2D eigenvalue weighted by molar-refractivity contribution is 5.79. The summed E-state index contributed by atoms with van der Waals surface area (Å²) in [7, 11) is 0. The molecular weight excluding hydrogens is 479 g/mol. The lowest BCUT2D eigenvalue weighted by Crippen LogP contribution is -2.32. The molecule has 3 aromatic carbocycles. The number of nitrogens with zero attached hydrogens (tertiary/aromatic N) is 5. The van der Waals surface area contributed by atoms with Crippen LogP contribution < -0.4 is 5.56 Å². The number of hydrogen-bond acceptors (Lipinski definition) is 5. The average molecular weight is 511 g/mol. The zero-order valence-corrected chi connectivity index (χ0v) is 21.9. The highest BCUT2D eigenvalue weighted by atomic mass is 19.1. The maximum atomic E-state index is 13.4. The second-order valence-corrected chi connectivity index (χ2v) is 9.85. The van der Waals surface area contributed by atoms with E-state index in [1.165, 1.54) is 17.7 Å². The van der Waals surface area contributed by atoms with Crippen molar-refractivity contribution >= 4 is 10.9 Å². The van der Waals surface area contributed by atoms with Gasteiger partial charge in [-0.25, -0.2) is 9.07 Å². The van der Waals surface area contributed by atoms with Crippen molar-refractivity contribution in [2.24, 2.45) is 0 Å². The molecule has 0 aliphatic rings. The number of aromatic amines is 1. The van der Waals surface area contributed by atoms with Crippen molar-refractivity contribution in [3.8, 4) is 0 Å². The van der Waals surface area contributed by atoms with Crippen LogP contribution in [-0.4, -0.2) is 30.1 Å². The van der Waals surface area contributed by atoms with Crippen LogP contribution >= 0.6 is 0 Å². The van der Waals surface area contributed by atoms with Gasteiger partial charge in [-0.2, -0.15) is 0 Å². The first-order valence-electron chi connectivity index (χ1n) is 12.8. The molecule has 194 valence electrons. The highest BCUT2D eigenvalue weighted by Gasteiger charge is 2.26. The van der Waals surface area contributed by atoms with E-state index in [0.29, 0.717) is 31.0 Å². The van der Waals surface area contributed by atoms with E-state index in [0.717, 1.165) is 34.0 Å². The molecule has 0 unspecified atom stereocenters. The number of tetrazole rings is 1. The van der Waals surface area contributed by atoms with Crippen LogP contribution in [0.25, 0.3) is 10.9 Å². The number of H-pyrrole nitrogens is 1. The minimum Gasteiger partial charge on any atom is -0.322 e. The van der Waals surface area contributed by atoms with Crippen LogP contribution in [0.2, 0.25) is 0 Å². The van der Waals surface area contributed by atoms with Crippen molar-refractivity contribution in [3.05, 3.63) is 123 Å². The number of pyridine rings is 1. The van der Waals surface area contributed by atoms with Crippen LogP contribution in [0.1, 0.15) is 53.0 Å². The summed E-state index contributed by atoms with van der Waals surface area (Å²) >= 11 is 0. The second-order valence-electron chi connectivity index (χ2n) is 9.85. The van der Waals surface area contributed by atoms with E-state index >= 15 is 0 Å². The van der Waals surface area contributed by atoms with E-state index in [1.54, 1.807) is 16.8 Å². The van der Waals surface area contributed by atoms with Gasteiger partial charge in [0, 0.05) is 24.2 Å². The Labute approximate surface area is 220 Å². The number of fused-ring (bicyclic) bond motifs is 1. The predicted octanol–water partition coefficient (Wildman–Crippen LogP) is 5.47. The first-order valence-corrected chi connectivity index (χ1v) is 12.8. The molecular formula is C30H31FN6O. The van der Waals surface area contributed by atoms with Crippen molar-refractivity contribution in [1.82, 2.24) is 30.1 Å². The van der Waals surface area contributed by atoms with Gasteiger partial charge in [-0.05, 0) is 77.5 Å². The van der Waals surface area contributed by atoms with Crippen LogP contribution in [0.4, 0.5) is 4.39 Å². The molecule has 2 heterocycles. The minimum absolute atomic E-state index is 0.101. The van der Waals surface area contributed by atoms with Crippen LogP contribution in [-0.2, 0) is 19.6 Å². The highest BCUT2D eigenvalue weighted by Crippen LogP contribution is 2.27. The summed E-state index contributed by atoms with van der Waals surface area (Å²) in [6.45, 7) is 7.67. The van der Waals surface area contributed by atoms with Gasteiger partial charge < -0.3 is 4.98 Å². The van der Waals surface area contributed by atoms with Crippen LogP contribution in [0.5, 0.6) is 0 Å². The largest absolute Gasteiger partial charge is 0.322 e. The summed E-state index contributed by atoms with van der Waals surface area (Å²) in [4.78, 5) is 18.4. The first-order chi connectivity index (χ1) is 18.4. The summed E-state index contributed by atoms with van der Waals surface area (Å²) in [6.07, 6.45) is 0.736. The Balaban J connectivity index is 1.52. The molecule has 5 rings (SSSR count). The van der Waals surface area contributed by atoms with Crippen molar-refractivity contribution in [2.75, 3.05) is 0 Å². The Morgan fingerprint density at radius 1 is 0.921 bits per heavy atom. The maximum Gasteiger partial charge on any atom is 0.252 e. The van der Waals surface area contributed by atoms with Crippen LogP contribution in [0.3, 0.4) is 0 Å². The molecule has 2 aromatic heterocycles. The van der Waals surface area contributed by atoms with Crippen molar-refractivity contribution in [3.63, 3.8) is 0 Å². The molecule has 8 heteroatoms. The Hall–Kier alpha value is -4.17. The van der Waals surface area contributed by atoms with E-state index < -0.39 is 0 Å². The normalized spacial score (nSPS) is 12.3. The maximum absolute atomic E-state index is 13.4. The van der Waals surface area contributed by atoms with E-state index in [9.17, 15) is 9.18 Å². The zero-order chi connectivity index (χ0) is 26.6. The van der Waals surface area contributed by atoms with Crippen molar-refractivity contribution in [1.29, 1.82) is 0 Å². The topological polar surface area (TPSA) is 79.7 Å². The summed E-state index contributed by atoms with van der Waals surface area (Å²) in [5, 5.41) is 13.6. The molecule has 0 spiro atoms. The molecule has 7 nitrogen and oxygen atoms in total. The Kier molecular flexibility index (Phi) is 7.42. The van der Waals surface area contributed by atoms with E-state index in [2.05, 4.69) is 69.6 Å². The smallest absolute Gasteiger partial charge is 0.252 e. The molecule has 0 amide bonds. The molecule has 0 aliphatic heterocycles. The predicted molar refractivity (Wildman–Crippen MR) is 146 cm³/mol. The second kappa shape index (κ2) is 11.1. The zero-order valence-electron chi connectivity index (χ0n) is 21.9. The van der Waals surface area contributed by atoms with Gasteiger partial charge in [0.2, 0.25) is 0 Å². The van der Waals surface area contributed by atoms with Gasteiger partial charge in [-0.15, -0.1) is 5.10 Å². The fourth-order valence-corrected chi connectivity index (χ4v) is 4.84. The van der Waals surface area contributed by atoms with Gasteiger partial charge >= 0.3 is 0 Å². The first kappa shape index (κ1) is 25.5. The van der Waals surface area contributed by atoms with Gasteiger partial charge in [0.15, 0.2) is 5.82 Å². The van der Waals surface area contributed by atoms with Gasteiger partial charge in [-0.3, -0.25) is 9.69 Å². The molecule has 1 N–H and O–H groups in total. The summed E-state index contributed by atoms with van der Waals surface area (Å²) in [5.74, 6) is 0.425. The van der Waals surface area contributed by atoms with Crippen LogP contribution in [0.15, 0.2) is 77.6 Å². The van der Waals surface area contributed by atoms with Gasteiger partial charge in [0.05, 0.1) is 12.6 Å². The Morgan fingerprint density at radius 2 is 1.63 bits per heavy atom. The number of benzene rings is 3. The summed E-state index contributed by atoms with van der Waals surface area (Å²) in [5.41, 5.74) is 5.78. The lowest BCUT2D eigenvalue weighted by Gasteiger charge is -2.30. The summed E-state index contributed by atoms with van der Waals surface area (Å²) in [6, 6.07) is 22.6. The lowest BCUT2D eigenvalue weighted by atomic mass is 10.1. The fraction of sp³-hybridized carbons (Fsp3) is 0.267. The Bertz CT molecular complexity index is 1590. The number of aromatic nitrogens is 5. The van der Waals surface area contributed by atoms with E-state index in [-0.39, 0.29) is 17.4 Å². The van der Waals surface area contributed by atoms with Gasteiger partial charge in [-0.1, -0.05) is 60.5 Å². The quantitative estimate of drug-likeness (QED) is 0.284. The van der Waals surface area contributed by atoms with Gasteiger partial charge in [0.25, 0.3) is 5.56 Å². The number of nitrogens with one attached hydrogen (secondary N) is 1. The van der Waals surface area contributed by atoms with E-state index in [4.69, 9.17) is 0 Å². The number of hydrogen-bond donors (Lipinski definition) is 1. The molecule has 0 saturated carbocycles. The van der Waals surface area contributed by atoms with Gasteiger partial charge in [0.1, 0.15) is 5.82 Å². The van der Waals surface area contributed by atoms with Crippen LogP contribution in [0, 0.1) is 19.7 Å². The molecule has 0 radical (unpaired) electrons. The molecule has 1 atom stereocenters. The average Bonchev–Trinajstić information content (AvgIpc) is 3.35. The molecule has 0 bridgehead atoms. The Morgan fingerprint density at radius 3 is 2.37 bits per heavy atom. The molecule has 5 aromatic rings. The third-order valence-corrected chi connectivity index (χ3v) is 6.89. The lowest BCUT2D eigenvalue weighted by molar-refractivity contribution is 0.161. The molecule has 38 heavy (non-hydrogen) atoms. The standard InChI is InChI=1S/C30H31FN6O/c1-4-28(29-33-34-35-37(29)18-23-10-12-26(31)13-11-23)36(17-22-8-5-20(2)6-9-22)19-25-16-24-15-21(3)7-14-27(24)32-30(25)38/h5-16,28H,4,17-19H2,1-3H3,(H,32,38)/t28-/m0/s1. The molecule has 0 saturated heterocycles. The summed E-state index contributed by atoms with van der Waals surface area (Å²) < 4.78 is 15.2. The fourth-order valence-electron chi connectivity index (χ4n) is 4.84. The van der Waals surface area contributed by atoms with Crippen molar-refractivity contribution < 1.29 is 4.39 Å². The number of aryl methyl sites for hydroxylation is 2. The molecule has 0 aliphatic carbocycles. The third-order valence-electron chi connectivity index (χ3n) is 6.89. The molecule has 0 fully saturated rings. The van der Waals surface area contributed by atoms with Crippen molar-refractivity contribution in [2.45, 2.75) is 52.9 Å².